The van der Waals surface area contributed by atoms with Crippen LogP contribution in [0.1, 0.15) is 16.7 Å². The number of carbonyl (C=O) groups is 1. The minimum absolute atomic E-state index is 0.322. The molecule has 0 atom stereocenters. The second-order valence-electron chi connectivity index (χ2n) is 7.43. The molecule has 4 rings (SSSR count). The highest BCUT2D eigenvalue weighted by atomic mass is 79.9. The van der Waals surface area contributed by atoms with Crippen molar-refractivity contribution < 1.29 is 9.90 Å². The molecule has 0 saturated carbocycles. The number of amides is 2. The van der Waals surface area contributed by atoms with Gasteiger partial charge in [-0.1, -0.05) is 36.4 Å². The van der Waals surface area contributed by atoms with E-state index >= 15 is 0 Å². The average Bonchev–Trinajstić information content (AvgIpc) is 2.77. The molecule has 166 valence electrons. The summed E-state index contributed by atoms with van der Waals surface area (Å²) in [7, 11) is 0. The van der Waals surface area contributed by atoms with Crippen LogP contribution in [0.15, 0.2) is 73.7 Å². The zero-order valence-electron chi connectivity index (χ0n) is 17.7. The molecule has 4 aromatic rings. The highest BCUT2D eigenvalue weighted by Crippen LogP contribution is 2.27. The van der Waals surface area contributed by atoms with Crippen molar-refractivity contribution in [3.05, 3.63) is 96.6 Å². The van der Waals surface area contributed by atoms with Crippen LogP contribution in [0, 0.1) is 13.8 Å². The summed E-state index contributed by atoms with van der Waals surface area (Å²) in [5.41, 5.74) is 0.928. The number of aromatic amines is 1. The van der Waals surface area contributed by atoms with Crippen LogP contribution in [0.3, 0.4) is 0 Å². The van der Waals surface area contributed by atoms with E-state index in [0.29, 0.717) is 21.2 Å². The van der Waals surface area contributed by atoms with Gasteiger partial charge < -0.3 is 10.4 Å². The van der Waals surface area contributed by atoms with Gasteiger partial charge in [-0.2, -0.15) is 0 Å². The van der Waals surface area contributed by atoms with Gasteiger partial charge in [-0.25, -0.2) is 19.1 Å². The number of aromatic hydroxyl groups is 1. The van der Waals surface area contributed by atoms with Crippen molar-refractivity contribution in [2.24, 2.45) is 4.99 Å². The van der Waals surface area contributed by atoms with Crippen molar-refractivity contribution >= 4 is 44.6 Å². The molecule has 0 aliphatic rings. The van der Waals surface area contributed by atoms with Crippen LogP contribution in [0.2, 0.25) is 0 Å². The second-order valence-corrected chi connectivity index (χ2v) is 8.29. The second kappa shape index (κ2) is 8.87. The van der Waals surface area contributed by atoms with Crippen LogP contribution in [0.5, 0.6) is 5.88 Å². The van der Waals surface area contributed by atoms with Gasteiger partial charge in [-0.05, 0) is 64.5 Å². The zero-order valence-corrected chi connectivity index (χ0v) is 19.3. The summed E-state index contributed by atoms with van der Waals surface area (Å²) in [5, 5.41) is 15.0. The van der Waals surface area contributed by atoms with E-state index in [-0.39, 0.29) is 5.56 Å². The van der Waals surface area contributed by atoms with Gasteiger partial charge in [0.15, 0.2) is 0 Å². The Balaban J connectivity index is 1.73. The number of benzene rings is 3. The standard InChI is InChI=1S/C24H19BrN4O4/c1-13-10-18(25)19(11-14(13)2)27-23(32)26-12-17-21(30)28-24(33)29(22(17)31)20-9-5-7-15-6-3-4-8-16(15)20/h3-12,31H,1-2H3,(H,27,32)(H,28,30,33)/b26-12+. The SMILES string of the molecule is Cc1cc(Br)c(NC(=O)/N=C/c2c(O)n(-c3cccc4ccccc34)c(=O)[nH]c2=O)cc1C. The lowest BCUT2D eigenvalue weighted by Crippen LogP contribution is -2.31. The molecular weight excluding hydrogens is 488 g/mol. The Morgan fingerprint density at radius 3 is 2.58 bits per heavy atom. The Hall–Kier alpha value is -3.98. The molecule has 3 N–H and O–H groups in total. The van der Waals surface area contributed by atoms with Crippen molar-refractivity contribution in [1.82, 2.24) is 9.55 Å². The van der Waals surface area contributed by atoms with Crippen LogP contribution in [0.25, 0.3) is 16.5 Å². The Bertz CT molecular complexity index is 1550. The summed E-state index contributed by atoms with van der Waals surface area (Å²) in [6, 6.07) is 15.5. The first-order valence-electron chi connectivity index (χ1n) is 9.94. The lowest BCUT2D eigenvalue weighted by molar-refractivity contribution is 0.259. The predicted molar refractivity (Wildman–Crippen MR) is 132 cm³/mol. The van der Waals surface area contributed by atoms with Gasteiger partial charge in [-0.3, -0.25) is 9.78 Å². The molecule has 3 aromatic carbocycles. The zero-order chi connectivity index (χ0) is 23.7. The van der Waals surface area contributed by atoms with E-state index in [1.165, 1.54) is 0 Å². The molecule has 2 amide bonds. The molecule has 0 spiro atoms. The normalized spacial score (nSPS) is 11.2. The Kier molecular flexibility index (Phi) is 5.97. The van der Waals surface area contributed by atoms with Crippen LogP contribution in [-0.2, 0) is 0 Å². The fourth-order valence-electron chi connectivity index (χ4n) is 3.43. The summed E-state index contributed by atoms with van der Waals surface area (Å²) < 4.78 is 1.66. The number of halogens is 1. The number of aryl methyl sites for hydroxylation is 2. The van der Waals surface area contributed by atoms with E-state index in [2.05, 4.69) is 31.2 Å². The number of hydrogen-bond donors (Lipinski definition) is 3. The summed E-state index contributed by atoms with van der Waals surface area (Å²) in [4.78, 5) is 43.2. The number of urea groups is 1. The number of aliphatic imine (C=N–C) groups is 1. The maximum atomic E-state index is 12.6. The number of aromatic nitrogens is 2. The lowest BCUT2D eigenvalue weighted by Gasteiger charge is -2.12. The first-order chi connectivity index (χ1) is 15.8. The topological polar surface area (TPSA) is 117 Å². The lowest BCUT2D eigenvalue weighted by atomic mass is 10.1. The average molecular weight is 507 g/mol. The summed E-state index contributed by atoms with van der Waals surface area (Å²) in [6.07, 6.45) is 0.930. The van der Waals surface area contributed by atoms with Crippen LogP contribution >= 0.6 is 15.9 Å². The summed E-state index contributed by atoms with van der Waals surface area (Å²) in [5.74, 6) is -0.621. The molecule has 1 aromatic heterocycles. The molecule has 9 heteroatoms. The maximum Gasteiger partial charge on any atom is 0.345 e. The Labute approximate surface area is 196 Å². The number of anilines is 1. The Morgan fingerprint density at radius 2 is 1.79 bits per heavy atom. The molecule has 0 aliphatic heterocycles. The van der Waals surface area contributed by atoms with Gasteiger partial charge >= 0.3 is 11.7 Å². The largest absolute Gasteiger partial charge is 0.493 e. The smallest absolute Gasteiger partial charge is 0.345 e. The monoisotopic (exact) mass is 506 g/mol. The number of H-pyrrole nitrogens is 1. The highest BCUT2D eigenvalue weighted by Gasteiger charge is 2.16. The fourth-order valence-corrected chi connectivity index (χ4v) is 3.99. The van der Waals surface area contributed by atoms with Crippen LogP contribution < -0.4 is 16.6 Å². The highest BCUT2D eigenvalue weighted by molar-refractivity contribution is 9.10. The van der Waals surface area contributed by atoms with Gasteiger partial charge in [0.25, 0.3) is 5.56 Å². The van der Waals surface area contributed by atoms with Gasteiger partial charge in [0.05, 0.1) is 17.6 Å². The molecule has 33 heavy (non-hydrogen) atoms. The number of nitrogens with one attached hydrogen (secondary N) is 2. The summed E-state index contributed by atoms with van der Waals surface area (Å²) in [6.45, 7) is 3.86. The fraction of sp³-hybridized carbons (Fsp3) is 0.0833. The molecular formula is C24H19BrN4O4. The molecule has 1 heterocycles. The first kappa shape index (κ1) is 22.2. The van der Waals surface area contributed by atoms with Crippen LogP contribution in [0.4, 0.5) is 10.5 Å². The van der Waals surface area contributed by atoms with Crippen molar-refractivity contribution in [3.8, 4) is 11.6 Å². The van der Waals surface area contributed by atoms with E-state index < -0.39 is 23.2 Å². The quantitative estimate of drug-likeness (QED) is 0.356. The number of hydrogen-bond acceptors (Lipinski definition) is 4. The van der Waals surface area contributed by atoms with E-state index in [9.17, 15) is 19.5 Å². The maximum absolute atomic E-state index is 12.6. The van der Waals surface area contributed by atoms with E-state index in [1.54, 1.807) is 30.3 Å². The number of rotatable bonds is 3. The number of nitrogens with zero attached hydrogens (tertiary/aromatic N) is 2. The minimum Gasteiger partial charge on any atom is -0.493 e. The van der Waals surface area contributed by atoms with E-state index in [4.69, 9.17) is 0 Å². The van der Waals surface area contributed by atoms with Gasteiger partial charge in [0.1, 0.15) is 5.56 Å². The third-order valence-corrected chi connectivity index (χ3v) is 5.92. The van der Waals surface area contributed by atoms with E-state index in [0.717, 1.165) is 27.3 Å². The molecule has 0 radical (unpaired) electrons. The number of carbonyl (C=O) groups excluding carboxylic acids is 1. The third kappa shape index (κ3) is 4.35. The molecule has 0 saturated heterocycles. The van der Waals surface area contributed by atoms with Crippen molar-refractivity contribution in [3.63, 3.8) is 0 Å². The van der Waals surface area contributed by atoms with Gasteiger partial charge in [0.2, 0.25) is 5.88 Å². The molecule has 0 bridgehead atoms. The Morgan fingerprint density at radius 1 is 1.09 bits per heavy atom. The molecule has 0 unspecified atom stereocenters. The summed E-state index contributed by atoms with van der Waals surface area (Å²) >= 11 is 3.39. The van der Waals surface area contributed by atoms with Gasteiger partial charge in [0, 0.05) is 9.86 Å². The number of fused-ring (bicyclic) bond motifs is 1. The third-order valence-electron chi connectivity index (χ3n) is 5.26. The van der Waals surface area contributed by atoms with Crippen molar-refractivity contribution in [1.29, 1.82) is 0 Å². The molecule has 8 nitrogen and oxygen atoms in total. The van der Waals surface area contributed by atoms with Crippen LogP contribution in [-0.4, -0.2) is 26.9 Å². The predicted octanol–water partition coefficient (Wildman–Crippen LogP) is 4.41. The molecule has 0 aliphatic carbocycles. The van der Waals surface area contributed by atoms with Crippen molar-refractivity contribution in [2.75, 3.05) is 5.32 Å². The minimum atomic E-state index is -0.863. The first-order valence-corrected chi connectivity index (χ1v) is 10.7. The van der Waals surface area contributed by atoms with Gasteiger partial charge in [-0.15, -0.1) is 0 Å². The molecule has 0 fully saturated rings. The van der Waals surface area contributed by atoms with Crippen molar-refractivity contribution in [2.45, 2.75) is 13.8 Å². The van der Waals surface area contributed by atoms with E-state index in [1.807, 2.05) is 38.1 Å².